The van der Waals surface area contributed by atoms with Crippen LogP contribution in [0.3, 0.4) is 0 Å². The third-order valence-electron chi connectivity index (χ3n) is 1.80. The molecule has 0 spiro atoms. The zero-order valence-corrected chi connectivity index (χ0v) is 7.50. The number of nitrogens with one attached hydrogen (secondary N) is 1. The van der Waals surface area contributed by atoms with Crippen molar-refractivity contribution in [1.82, 2.24) is 0 Å². The summed E-state index contributed by atoms with van der Waals surface area (Å²) in [6, 6.07) is 3.32. The molecule has 1 aromatic carbocycles. The molecule has 0 atom stereocenters. The molecule has 0 aliphatic carbocycles. The molecule has 0 radical (unpaired) electrons. The molecule has 5 nitrogen and oxygen atoms in total. The van der Waals surface area contributed by atoms with Crippen molar-refractivity contribution in [2.75, 3.05) is 5.43 Å². The summed E-state index contributed by atoms with van der Waals surface area (Å²) in [5.74, 6) is 5.18. The molecule has 13 heavy (non-hydrogen) atoms. The van der Waals surface area contributed by atoms with Gasteiger partial charge in [-0.2, -0.15) is 0 Å². The van der Waals surface area contributed by atoms with Gasteiger partial charge in [0.05, 0.1) is 4.92 Å². The van der Waals surface area contributed by atoms with Crippen LogP contribution < -0.4 is 11.3 Å². The van der Waals surface area contributed by atoms with Crippen molar-refractivity contribution in [2.24, 2.45) is 5.84 Å². The summed E-state index contributed by atoms with van der Waals surface area (Å²) < 4.78 is 0. The molecule has 0 bridgehead atoms. The van der Waals surface area contributed by atoms with E-state index in [1.165, 1.54) is 6.07 Å². The summed E-state index contributed by atoms with van der Waals surface area (Å²) in [6.07, 6.45) is 0. The fraction of sp³-hybridized carbons (Fsp3) is 0.250. The van der Waals surface area contributed by atoms with Crippen molar-refractivity contribution in [1.29, 1.82) is 0 Å². The van der Waals surface area contributed by atoms with E-state index in [9.17, 15) is 10.1 Å². The van der Waals surface area contributed by atoms with Gasteiger partial charge >= 0.3 is 0 Å². The largest absolute Gasteiger partial charge is 0.318 e. The van der Waals surface area contributed by atoms with E-state index >= 15 is 0 Å². The van der Waals surface area contributed by atoms with E-state index in [0.29, 0.717) is 5.69 Å². The number of anilines is 1. The molecule has 0 unspecified atom stereocenters. The Balaban J connectivity index is 3.38. The Hall–Kier alpha value is -1.62. The van der Waals surface area contributed by atoms with E-state index in [1.807, 2.05) is 6.07 Å². The summed E-state index contributed by atoms with van der Waals surface area (Å²) in [7, 11) is 0. The van der Waals surface area contributed by atoms with E-state index in [-0.39, 0.29) is 5.69 Å². The van der Waals surface area contributed by atoms with Gasteiger partial charge in [0, 0.05) is 6.07 Å². The van der Waals surface area contributed by atoms with Crippen LogP contribution >= 0.6 is 0 Å². The first-order valence-corrected chi connectivity index (χ1v) is 3.78. The van der Waals surface area contributed by atoms with Crippen LogP contribution in [0.15, 0.2) is 12.1 Å². The van der Waals surface area contributed by atoms with Gasteiger partial charge in [-0.05, 0) is 25.0 Å². The highest BCUT2D eigenvalue weighted by atomic mass is 16.6. The third kappa shape index (κ3) is 1.75. The van der Waals surface area contributed by atoms with Crippen molar-refractivity contribution >= 4 is 11.4 Å². The van der Waals surface area contributed by atoms with Crippen LogP contribution in [0.2, 0.25) is 0 Å². The smallest absolute Gasteiger partial charge is 0.294 e. The van der Waals surface area contributed by atoms with Crippen LogP contribution in [0.4, 0.5) is 11.4 Å². The Morgan fingerprint density at radius 2 is 2.08 bits per heavy atom. The lowest BCUT2D eigenvalue weighted by atomic mass is 10.1. The highest BCUT2D eigenvalue weighted by Gasteiger charge is 2.15. The van der Waals surface area contributed by atoms with Gasteiger partial charge in [0.15, 0.2) is 0 Å². The SMILES string of the molecule is Cc1cc(C)c(NN)c([N+](=O)[O-])c1. The Morgan fingerprint density at radius 3 is 2.54 bits per heavy atom. The Morgan fingerprint density at radius 1 is 1.46 bits per heavy atom. The predicted octanol–water partition coefficient (Wildman–Crippen LogP) is 1.50. The summed E-state index contributed by atoms with van der Waals surface area (Å²) in [5, 5.41) is 10.6. The first kappa shape index (κ1) is 9.47. The van der Waals surface area contributed by atoms with Gasteiger partial charge in [0.1, 0.15) is 5.69 Å². The molecule has 0 fully saturated rings. The van der Waals surface area contributed by atoms with E-state index in [1.54, 1.807) is 13.8 Å². The molecule has 1 rings (SSSR count). The van der Waals surface area contributed by atoms with Crippen molar-refractivity contribution in [3.63, 3.8) is 0 Å². The molecule has 0 aliphatic rings. The maximum atomic E-state index is 10.6. The molecular weight excluding hydrogens is 170 g/mol. The van der Waals surface area contributed by atoms with Crippen LogP contribution in [0.5, 0.6) is 0 Å². The van der Waals surface area contributed by atoms with Crippen LogP contribution in [-0.4, -0.2) is 4.92 Å². The van der Waals surface area contributed by atoms with E-state index in [0.717, 1.165) is 11.1 Å². The average Bonchev–Trinajstić information content (AvgIpc) is 2.02. The number of nitrogens with two attached hydrogens (primary N) is 1. The Kier molecular flexibility index (Phi) is 2.48. The fourth-order valence-electron chi connectivity index (χ4n) is 1.28. The van der Waals surface area contributed by atoms with E-state index in [2.05, 4.69) is 5.43 Å². The molecule has 3 N–H and O–H groups in total. The van der Waals surface area contributed by atoms with Gasteiger partial charge in [0.2, 0.25) is 0 Å². The maximum absolute atomic E-state index is 10.6. The molecule has 5 heteroatoms. The number of nitrogen functional groups attached to an aromatic ring is 1. The molecule has 1 aromatic rings. The normalized spacial score (nSPS) is 9.77. The molecule has 0 saturated heterocycles. The topological polar surface area (TPSA) is 81.2 Å². The molecule has 0 heterocycles. The lowest BCUT2D eigenvalue weighted by Gasteiger charge is -2.06. The van der Waals surface area contributed by atoms with Gasteiger partial charge in [-0.25, -0.2) is 0 Å². The molecule has 0 aliphatic heterocycles. The average molecular weight is 181 g/mol. The van der Waals surface area contributed by atoms with E-state index < -0.39 is 4.92 Å². The number of benzene rings is 1. The van der Waals surface area contributed by atoms with E-state index in [4.69, 9.17) is 5.84 Å². The van der Waals surface area contributed by atoms with Crippen LogP contribution in [0, 0.1) is 24.0 Å². The van der Waals surface area contributed by atoms with Crippen molar-refractivity contribution in [3.05, 3.63) is 33.4 Å². The number of hydrazine groups is 1. The fourth-order valence-corrected chi connectivity index (χ4v) is 1.28. The number of nitro benzene ring substituents is 1. The summed E-state index contributed by atoms with van der Waals surface area (Å²) in [4.78, 5) is 10.1. The van der Waals surface area contributed by atoms with Crippen molar-refractivity contribution < 1.29 is 4.92 Å². The van der Waals surface area contributed by atoms with Crippen molar-refractivity contribution in [2.45, 2.75) is 13.8 Å². The monoisotopic (exact) mass is 181 g/mol. The molecular formula is C8H11N3O2. The third-order valence-corrected chi connectivity index (χ3v) is 1.80. The van der Waals surface area contributed by atoms with Gasteiger partial charge in [-0.1, -0.05) is 6.07 Å². The summed E-state index contributed by atoms with van der Waals surface area (Å²) >= 11 is 0. The molecule has 0 amide bonds. The highest BCUT2D eigenvalue weighted by Crippen LogP contribution is 2.28. The molecule has 0 aromatic heterocycles. The zero-order valence-electron chi connectivity index (χ0n) is 7.50. The lowest BCUT2D eigenvalue weighted by Crippen LogP contribution is -2.10. The summed E-state index contributed by atoms with van der Waals surface area (Å²) in [6.45, 7) is 3.58. The molecule has 0 saturated carbocycles. The number of hydrogen-bond donors (Lipinski definition) is 2. The maximum Gasteiger partial charge on any atom is 0.294 e. The number of aryl methyl sites for hydroxylation is 2. The van der Waals surface area contributed by atoms with Crippen LogP contribution in [0.25, 0.3) is 0 Å². The molecule has 70 valence electrons. The first-order valence-electron chi connectivity index (χ1n) is 3.78. The minimum absolute atomic E-state index is 0.0139. The van der Waals surface area contributed by atoms with Gasteiger partial charge < -0.3 is 5.43 Å². The number of hydrogen-bond acceptors (Lipinski definition) is 4. The minimum atomic E-state index is -0.449. The quantitative estimate of drug-likeness (QED) is 0.411. The highest BCUT2D eigenvalue weighted by molar-refractivity contribution is 5.66. The second kappa shape index (κ2) is 3.40. The van der Waals surface area contributed by atoms with Crippen molar-refractivity contribution in [3.8, 4) is 0 Å². The Labute approximate surface area is 75.7 Å². The summed E-state index contributed by atoms with van der Waals surface area (Å²) in [5.41, 5.74) is 4.34. The first-order chi connectivity index (χ1) is 6.06. The van der Waals surface area contributed by atoms with Gasteiger partial charge in [0.25, 0.3) is 5.69 Å². The van der Waals surface area contributed by atoms with Gasteiger partial charge in [-0.3, -0.25) is 16.0 Å². The van der Waals surface area contributed by atoms with Gasteiger partial charge in [-0.15, -0.1) is 0 Å². The standard InChI is InChI=1S/C8H11N3O2/c1-5-3-6(2)8(10-9)7(4-5)11(12)13/h3-4,10H,9H2,1-2H3. The predicted molar refractivity (Wildman–Crippen MR) is 50.4 cm³/mol. The second-order valence-corrected chi connectivity index (χ2v) is 2.88. The number of nitro groups is 1. The lowest BCUT2D eigenvalue weighted by molar-refractivity contribution is -0.384. The van der Waals surface area contributed by atoms with Crippen LogP contribution in [-0.2, 0) is 0 Å². The number of rotatable bonds is 2. The number of nitrogens with zero attached hydrogens (tertiary/aromatic N) is 1. The zero-order chi connectivity index (χ0) is 10.0. The minimum Gasteiger partial charge on any atom is -0.318 e. The second-order valence-electron chi connectivity index (χ2n) is 2.88. The Bertz CT molecular complexity index is 349. The van der Waals surface area contributed by atoms with Crippen LogP contribution in [0.1, 0.15) is 11.1 Å².